The molecule has 0 heterocycles. The molecular weight excluding hydrogens is 402 g/mol. The molecule has 0 spiro atoms. The minimum atomic E-state index is -3.26. The Morgan fingerprint density at radius 2 is 1.50 bits per heavy atom. The second-order valence-electron chi connectivity index (χ2n) is 7.32. The lowest BCUT2D eigenvalue weighted by molar-refractivity contribution is -0.115. The molecular formula is C22H29N3O4S. The number of sulfone groups is 1. The van der Waals surface area contributed by atoms with E-state index < -0.39 is 9.84 Å². The zero-order valence-corrected chi connectivity index (χ0v) is 18.8. The lowest BCUT2D eigenvalue weighted by Gasteiger charge is -2.27. The summed E-state index contributed by atoms with van der Waals surface area (Å²) in [5.74, 6) is -0.0516. The fourth-order valence-electron chi connectivity index (χ4n) is 2.87. The number of urea groups is 1. The van der Waals surface area contributed by atoms with Crippen LogP contribution in [-0.2, 0) is 14.6 Å². The molecule has 0 saturated heterocycles. The van der Waals surface area contributed by atoms with Gasteiger partial charge in [0.05, 0.1) is 17.0 Å². The van der Waals surface area contributed by atoms with Gasteiger partial charge in [-0.25, -0.2) is 13.2 Å². The zero-order valence-electron chi connectivity index (χ0n) is 18.0. The maximum absolute atomic E-state index is 12.7. The molecule has 0 aliphatic heterocycles. The standard InChI is InChI=1S/C22H29N3O4S/c1-6-21(26)24-19-11-7-17(8-12-19)15(2)23-22(27)25(4)16(3)18-9-13-20(14-10-18)30(5,28)29/h7-16H,6H2,1-5H3,(H,23,27)(H,24,26). The average molecular weight is 432 g/mol. The largest absolute Gasteiger partial charge is 0.331 e. The van der Waals surface area contributed by atoms with Crippen LogP contribution in [0.5, 0.6) is 0 Å². The SMILES string of the molecule is CCC(=O)Nc1ccc(C(C)NC(=O)N(C)C(C)c2ccc(S(C)(=O)=O)cc2)cc1. The molecule has 162 valence electrons. The van der Waals surface area contributed by atoms with Crippen LogP contribution < -0.4 is 10.6 Å². The van der Waals surface area contributed by atoms with Crippen LogP contribution in [-0.4, -0.2) is 38.6 Å². The molecule has 2 atom stereocenters. The van der Waals surface area contributed by atoms with E-state index in [9.17, 15) is 18.0 Å². The van der Waals surface area contributed by atoms with Gasteiger partial charge in [0.2, 0.25) is 5.91 Å². The lowest BCUT2D eigenvalue weighted by atomic mass is 10.1. The molecule has 0 aliphatic carbocycles. The Labute approximate surface area is 178 Å². The number of anilines is 1. The number of nitrogens with one attached hydrogen (secondary N) is 2. The molecule has 0 aliphatic rings. The van der Waals surface area contributed by atoms with Crippen LogP contribution in [0.3, 0.4) is 0 Å². The van der Waals surface area contributed by atoms with E-state index in [-0.39, 0.29) is 28.9 Å². The monoisotopic (exact) mass is 431 g/mol. The normalized spacial score (nSPS) is 13.2. The molecule has 0 fully saturated rings. The van der Waals surface area contributed by atoms with Crippen molar-refractivity contribution in [1.29, 1.82) is 0 Å². The van der Waals surface area contributed by atoms with Gasteiger partial charge in [-0.15, -0.1) is 0 Å². The Hall–Kier alpha value is -2.87. The number of hydrogen-bond donors (Lipinski definition) is 2. The zero-order chi connectivity index (χ0) is 22.5. The predicted octanol–water partition coefficient (Wildman–Crippen LogP) is 3.90. The van der Waals surface area contributed by atoms with Crippen molar-refractivity contribution in [3.05, 3.63) is 59.7 Å². The molecule has 30 heavy (non-hydrogen) atoms. The number of rotatable bonds is 7. The van der Waals surface area contributed by atoms with Crippen LogP contribution in [0, 0.1) is 0 Å². The molecule has 0 aromatic heterocycles. The molecule has 2 N–H and O–H groups in total. The average Bonchev–Trinajstić information content (AvgIpc) is 2.72. The van der Waals surface area contributed by atoms with E-state index in [1.807, 2.05) is 26.0 Å². The van der Waals surface area contributed by atoms with Gasteiger partial charge in [0.15, 0.2) is 9.84 Å². The number of amides is 3. The number of carbonyl (C=O) groups excluding carboxylic acids is 2. The van der Waals surface area contributed by atoms with Gasteiger partial charge < -0.3 is 15.5 Å². The van der Waals surface area contributed by atoms with Crippen LogP contribution >= 0.6 is 0 Å². The highest BCUT2D eigenvalue weighted by Crippen LogP contribution is 2.22. The summed E-state index contributed by atoms with van der Waals surface area (Å²) < 4.78 is 23.2. The Morgan fingerprint density at radius 3 is 2.00 bits per heavy atom. The van der Waals surface area contributed by atoms with Crippen LogP contribution in [0.1, 0.15) is 50.4 Å². The number of nitrogens with zero attached hydrogens (tertiary/aromatic N) is 1. The van der Waals surface area contributed by atoms with Crippen LogP contribution in [0.15, 0.2) is 53.4 Å². The summed E-state index contributed by atoms with van der Waals surface area (Å²) in [5.41, 5.74) is 2.47. The van der Waals surface area contributed by atoms with E-state index in [0.717, 1.165) is 17.4 Å². The molecule has 0 radical (unpaired) electrons. The summed E-state index contributed by atoms with van der Waals surface area (Å²) >= 11 is 0. The van der Waals surface area contributed by atoms with Gasteiger partial charge in [0.1, 0.15) is 0 Å². The Balaban J connectivity index is 2.01. The van der Waals surface area contributed by atoms with Gasteiger partial charge in [-0.05, 0) is 49.2 Å². The smallest absolute Gasteiger partial charge is 0.318 e. The minimum absolute atomic E-state index is 0.0516. The van der Waals surface area contributed by atoms with Gasteiger partial charge in [0, 0.05) is 25.4 Å². The number of carbonyl (C=O) groups is 2. The van der Waals surface area contributed by atoms with Crippen molar-refractivity contribution in [3.63, 3.8) is 0 Å². The summed E-state index contributed by atoms with van der Waals surface area (Å²) in [6, 6.07) is 13.2. The Kier molecular flexibility index (Phi) is 7.61. The third-order valence-electron chi connectivity index (χ3n) is 5.05. The summed E-state index contributed by atoms with van der Waals surface area (Å²) in [6.07, 6.45) is 1.58. The van der Waals surface area contributed by atoms with Crippen molar-refractivity contribution in [1.82, 2.24) is 10.2 Å². The molecule has 2 rings (SSSR count). The summed E-state index contributed by atoms with van der Waals surface area (Å²) in [4.78, 5) is 26.0. The van der Waals surface area contributed by atoms with Crippen molar-refractivity contribution in [3.8, 4) is 0 Å². The van der Waals surface area contributed by atoms with E-state index >= 15 is 0 Å². The second kappa shape index (κ2) is 9.75. The fraction of sp³-hybridized carbons (Fsp3) is 0.364. The van der Waals surface area contributed by atoms with Gasteiger partial charge >= 0.3 is 6.03 Å². The molecule has 8 heteroatoms. The first kappa shape index (κ1) is 23.4. The predicted molar refractivity (Wildman–Crippen MR) is 118 cm³/mol. The van der Waals surface area contributed by atoms with Crippen LogP contribution in [0.25, 0.3) is 0 Å². The quantitative estimate of drug-likeness (QED) is 0.695. The molecule has 0 saturated carbocycles. The third-order valence-corrected chi connectivity index (χ3v) is 6.18. The topological polar surface area (TPSA) is 95.6 Å². The number of benzene rings is 2. The van der Waals surface area contributed by atoms with Gasteiger partial charge in [0.25, 0.3) is 0 Å². The third kappa shape index (κ3) is 6.06. The van der Waals surface area contributed by atoms with E-state index in [1.54, 1.807) is 55.3 Å². The minimum Gasteiger partial charge on any atom is -0.331 e. The van der Waals surface area contributed by atoms with E-state index in [2.05, 4.69) is 10.6 Å². The Morgan fingerprint density at radius 1 is 0.967 bits per heavy atom. The highest BCUT2D eigenvalue weighted by Gasteiger charge is 2.20. The first-order valence-corrected chi connectivity index (χ1v) is 11.6. The van der Waals surface area contributed by atoms with Crippen molar-refractivity contribution in [2.24, 2.45) is 0 Å². The maximum Gasteiger partial charge on any atom is 0.318 e. The van der Waals surface area contributed by atoms with E-state index in [0.29, 0.717) is 12.1 Å². The first-order chi connectivity index (χ1) is 14.0. The van der Waals surface area contributed by atoms with Crippen molar-refractivity contribution in [2.45, 2.75) is 44.2 Å². The Bertz CT molecular complexity index is 986. The summed E-state index contributed by atoms with van der Waals surface area (Å²) in [5, 5.41) is 5.75. The van der Waals surface area contributed by atoms with Crippen LogP contribution in [0.2, 0.25) is 0 Å². The van der Waals surface area contributed by atoms with E-state index in [1.165, 1.54) is 0 Å². The highest BCUT2D eigenvalue weighted by molar-refractivity contribution is 7.90. The van der Waals surface area contributed by atoms with Crippen molar-refractivity contribution in [2.75, 3.05) is 18.6 Å². The molecule has 2 aromatic carbocycles. The maximum atomic E-state index is 12.7. The first-order valence-electron chi connectivity index (χ1n) is 9.76. The second-order valence-corrected chi connectivity index (χ2v) is 9.34. The van der Waals surface area contributed by atoms with Crippen molar-refractivity contribution < 1.29 is 18.0 Å². The molecule has 3 amide bonds. The van der Waals surface area contributed by atoms with Gasteiger partial charge in [-0.2, -0.15) is 0 Å². The lowest BCUT2D eigenvalue weighted by Crippen LogP contribution is -2.39. The highest BCUT2D eigenvalue weighted by atomic mass is 32.2. The fourth-order valence-corrected chi connectivity index (χ4v) is 3.50. The van der Waals surface area contributed by atoms with Crippen molar-refractivity contribution >= 4 is 27.5 Å². The van der Waals surface area contributed by atoms with Crippen LogP contribution in [0.4, 0.5) is 10.5 Å². The molecule has 2 aromatic rings. The summed E-state index contributed by atoms with van der Waals surface area (Å²) in [7, 11) is -1.56. The van der Waals surface area contributed by atoms with E-state index in [4.69, 9.17) is 0 Å². The molecule has 7 nitrogen and oxygen atoms in total. The van der Waals surface area contributed by atoms with Gasteiger partial charge in [-0.3, -0.25) is 4.79 Å². The molecule has 0 bridgehead atoms. The number of hydrogen-bond acceptors (Lipinski definition) is 4. The van der Waals surface area contributed by atoms with Gasteiger partial charge in [-0.1, -0.05) is 31.2 Å². The molecule has 2 unspecified atom stereocenters. The summed E-state index contributed by atoms with van der Waals surface area (Å²) in [6.45, 7) is 5.56.